The molecule has 0 unspecified atom stereocenters. The Hall–Kier alpha value is -2.80. The predicted molar refractivity (Wildman–Crippen MR) is 82.0 cm³/mol. The first-order valence-electron chi connectivity index (χ1n) is 6.62. The van der Waals surface area contributed by atoms with E-state index in [2.05, 4.69) is 4.98 Å². The van der Waals surface area contributed by atoms with Crippen LogP contribution in [0.1, 0.15) is 10.4 Å². The fourth-order valence-electron chi connectivity index (χ4n) is 2.24. The van der Waals surface area contributed by atoms with Crippen molar-refractivity contribution >= 4 is 16.3 Å². The topological polar surface area (TPSA) is 69.0 Å². The van der Waals surface area contributed by atoms with E-state index in [1.807, 2.05) is 0 Å². The summed E-state index contributed by atoms with van der Waals surface area (Å²) in [4.78, 5) is 14.7. The minimum atomic E-state index is -3.91. The van der Waals surface area contributed by atoms with E-state index in [9.17, 15) is 17.6 Å². The monoisotopic (exact) mass is 330 g/mol. The molecule has 0 amide bonds. The van der Waals surface area contributed by atoms with Crippen LogP contribution in [-0.4, -0.2) is 23.7 Å². The summed E-state index contributed by atoms with van der Waals surface area (Å²) in [6.07, 6.45) is 4.40. The van der Waals surface area contributed by atoms with Crippen LogP contribution >= 0.6 is 0 Å². The van der Waals surface area contributed by atoms with Crippen molar-refractivity contribution in [1.29, 1.82) is 0 Å². The molecule has 0 saturated carbocycles. The van der Waals surface area contributed by atoms with Crippen molar-refractivity contribution in [3.05, 3.63) is 72.4 Å². The highest BCUT2D eigenvalue weighted by molar-refractivity contribution is 7.90. The van der Waals surface area contributed by atoms with Gasteiger partial charge in [-0.2, -0.15) is 0 Å². The largest absolute Gasteiger partial charge is 0.298 e. The first kappa shape index (κ1) is 15.1. The Morgan fingerprint density at radius 2 is 1.91 bits per heavy atom. The number of carbonyl (C=O) groups excluding carboxylic acids is 1. The van der Waals surface area contributed by atoms with Crippen LogP contribution in [0, 0.1) is 5.82 Å². The molecule has 5 nitrogen and oxygen atoms in total. The molecule has 0 radical (unpaired) electrons. The third-order valence-electron chi connectivity index (χ3n) is 3.34. The van der Waals surface area contributed by atoms with Crippen LogP contribution in [-0.2, 0) is 10.0 Å². The Morgan fingerprint density at radius 1 is 1.09 bits per heavy atom. The molecule has 3 rings (SSSR count). The van der Waals surface area contributed by atoms with Gasteiger partial charge in [0.05, 0.1) is 11.3 Å². The summed E-state index contributed by atoms with van der Waals surface area (Å²) in [5.74, 6) is -0.760. The van der Waals surface area contributed by atoms with E-state index in [1.54, 1.807) is 0 Å². The normalized spacial score (nSPS) is 11.3. The minimum absolute atomic E-state index is 0.00981. The second-order valence-corrected chi connectivity index (χ2v) is 6.52. The number of halogens is 1. The molecule has 0 fully saturated rings. The van der Waals surface area contributed by atoms with Gasteiger partial charge in [0.25, 0.3) is 10.0 Å². The molecule has 0 aliphatic carbocycles. The summed E-state index contributed by atoms with van der Waals surface area (Å²) < 4.78 is 40.7. The molecule has 2 aromatic heterocycles. The Bertz CT molecular complexity index is 966. The molecule has 2 heterocycles. The maximum absolute atomic E-state index is 14.4. The molecule has 1 aromatic carbocycles. The van der Waals surface area contributed by atoms with Crippen LogP contribution in [0.3, 0.4) is 0 Å². The second kappa shape index (κ2) is 5.77. The van der Waals surface area contributed by atoms with Crippen molar-refractivity contribution in [2.24, 2.45) is 0 Å². The van der Waals surface area contributed by atoms with E-state index in [0.717, 1.165) is 3.97 Å². The first-order valence-corrected chi connectivity index (χ1v) is 8.07. The number of pyridine rings is 1. The Balaban J connectivity index is 2.21. The number of rotatable bonds is 4. The molecule has 0 aliphatic rings. The van der Waals surface area contributed by atoms with Crippen LogP contribution in [0.5, 0.6) is 0 Å². The van der Waals surface area contributed by atoms with E-state index in [0.29, 0.717) is 6.29 Å². The summed E-state index contributed by atoms with van der Waals surface area (Å²) >= 11 is 0. The van der Waals surface area contributed by atoms with E-state index in [1.165, 1.54) is 61.1 Å². The smallest absolute Gasteiger partial charge is 0.269 e. The van der Waals surface area contributed by atoms with Crippen molar-refractivity contribution < 1.29 is 17.6 Å². The molecule has 23 heavy (non-hydrogen) atoms. The molecule has 0 N–H and O–H groups in total. The molecule has 0 saturated heterocycles. The number of hydrogen-bond donors (Lipinski definition) is 0. The quantitative estimate of drug-likeness (QED) is 0.690. The predicted octanol–water partition coefficient (Wildman–Crippen LogP) is 2.74. The van der Waals surface area contributed by atoms with Gasteiger partial charge in [0.2, 0.25) is 0 Å². The minimum Gasteiger partial charge on any atom is -0.298 e. The van der Waals surface area contributed by atoms with E-state index in [-0.39, 0.29) is 21.7 Å². The highest BCUT2D eigenvalue weighted by atomic mass is 32.2. The molecular formula is C16H11FN2O3S. The lowest BCUT2D eigenvalue weighted by Gasteiger charge is -2.11. The van der Waals surface area contributed by atoms with Crippen LogP contribution in [0.2, 0.25) is 0 Å². The van der Waals surface area contributed by atoms with E-state index in [4.69, 9.17) is 0 Å². The van der Waals surface area contributed by atoms with Crippen LogP contribution in [0.4, 0.5) is 4.39 Å². The maximum Gasteiger partial charge on any atom is 0.269 e. The highest BCUT2D eigenvalue weighted by Crippen LogP contribution is 2.28. The molecule has 116 valence electrons. The van der Waals surface area contributed by atoms with Crippen molar-refractivity contribution in [1.82, 2.24) is 8.96 Å². The van der Waals surface area contributed by atoms with E-state index >= 15 is 0 Å². The Labute approximate surface area is 132 Å². The zero-order valence-corrected chi connectivity index (χ0v) is 12.6. The molecule has 0 bridgehead atoms. The third-order valence-corrected chi connectivity index (χ3v) is 5.01. The maximum atomic E-state index is 14.4. The lowest BCUT2D eigenvalue weighted by Crippen LogP contribution is -2.13. The summed E-state index contributed by atoms with van der Waals surface area (Å²) in [6.45, 7) is 0. The highest BCUT2D eigenvalue weighted by Gasteiger charge is 2.22. The SMILES string of the molecule is O=Cc1cccc(-c2cccn2S(=O)(=O)c2cccnc2)c1F. The van der Waals surface area contributed by atoms with Gasteiger partial charge in [-0.3, -0.25) is 9.78 Å². The number of aromatic nitrogens is 2. The number of aldehydes is 1. The van der Waals surface area contributed by atoms with Gasteiger partial charge in [-0.1, -0.05) is 6.07 Å². The van der Waals surface area contributed by atoms with Crippen LogP contribution in [0.15, 0.2) is 66.0 Å². The first-order chi connectivity index (χ1) is 11.1. The second-order valence-electron chi connectivity index (χ2n) is 4.71. The van der Waals surface area contributed by atoms with Crippen molar-refractivity contribution in [2.75, 3.05) is 0 Å². The average Bonchev–Trinajstić information content (AvgIpc) is 3.06. The van der Waals surface area contributed by atoms with Crippen molar-refractivity contribution in [3.63, 3.8) is 0 Å². The molecule has 0 atom stereocenters. The van der Waals surface area contributed by atoms with Gasteiger partial charge in [-0.25, -0.2) is 16.8 Å². The van der Waals surface area contributed by atoms with Gasteiger partial charge in [0.15, 0.2) is 6.29 Å². The molecular weight excluding hydrogens is 319 g/mol. The van der Waals surface area contributed by atoms with E-state index < -0.39 is 15.8 Å². The average molecular weight is 330 g/mol. The number of hydrogen-bond acceptors (Lipinski definition) is 4. The summed E-state index contributed by atoms with van der Waals surface area (Å²) in [5, 5.41) is 0. The van der Waals surface area contributed by atoms with Gasteiger partial charge in [-0.05, 0) is 36.4 Å². The third kappa shape index (κ3) is 2.55. The summed E-state index contributed by atoms with van der Waals surface area (Å²) in [5.41, 5.74) is 0.0381. The van der Waals surface area contributed by atoms with Gasteiger partial charge in [0, 0.05) is 24.2 Å². The van der Waals surface area contributed by atoms with Crippen molar-refractivity contribution in [2.45, 2.75) is 4.90 Å². The zero-order valence-electron chi connectivity index (χ0n) is 11.8. The lowest BCUT2D eigenvalue weighted by molar-refractivity contribution is 0.112. The number of carbonyl (C=O) groups is 1. The fraction of sp³-hybridized carbons (Fsp3) is 0. The van der Waals surface area contributed by atoms with Gasteiger partial charge in [0.1, 0.15) is 10.7 Å². The zero-order chi connectivity index (χ0) is 16.4. The van der Waals surface area contributed by atoms with Gasteiger partial charge >= 0.3 is 0 Å². The Kier molecular flexibility index (Phi) is 3.79. The number of benzene rings is 1. The van der Waals surface area contributed by atoms with Gasteiger partial charge in [-0.15, -0.1) is 0 Å². The molecule has 3 aromatic rings. The lowest BCUT2D eigenvalue weighted by atomic mass is 10.1. The standard InChI is InChI=1S/C16H11FN2O3S/c17-16-12(11-20)4-1-6-14(16)15-7-3-9-19(15)23(21,22)13-5-2-8-18-10-13/h1-11H. The number of nitrogens with zero attached hydrogens (tertiary/aromatic N) is 2. The fourth-order valence-corrected chi connectivity index (χ4v) is 3.56. The summed E-state index contributed by atoms with van der Waals surface area (Å²) in [6, 6.07) is 10.1. The van der Waals surface area contributed by atoms with Gasteiger partial charge < -0.3 is 0 Å². The van der Waals surface area contributed by atoms with Crippen LogP contribution in [0.25, 0.3) is 11.3 Å². The summed E-state index contributed by atoms with van der Waals surface area (Å²) in [7, 11) is -3.91. The Morgan fingerprint density at radius 3 is 2.61 bits per heavy atom. The molecule has 7 heteroatoms. The van der Waals surface area contributed by atoms with Crippen LogP contribution < -0.4 is 0 Å². The van der Waals surface area contributed by atoms with Crippen molar-refractivity contribution in [3.8, 4) is 11.3 Å². The molecule has 0 aliphatic heterocycles. The molecule has 0 spiro atoms.